The van der Waals surface area contributed by atoms with Gasteiger partial charge in [-0.2, -0.15) is 0 Å². The van der Waals surface area contributed by atoms with E-state index in [9.17, 15) is 0 Å². The zero-order chi connectivity index (χ0) is 14.5. The summed E-state index contributed by atoms with van der Waals surface area (Å²) < 4.78 is 0. The predicted molar refractivity (Wildman–Crippen MR) is 88.7 cm³/mol. The van der Waals surface area contributed by atoms with Crippen molar-refractivity contribution in [3.05, 3.63) is 35.9 Å². The third kappa shape index (κ3) is 3.58. The lowest BCUT2D eigenvalue weighted by atomic mass is 9.64. The summed E-state index contributed by atoms with van der Waals surface area (Å²) >= 11 is 0. The smallest absolute Gasteiger partial charge is 0.191 e. The first-order valence-electron chi connectivity index (χ1n) is 8.40. The van der Waals surface area contributed by atoms with E-state index >= 15 is 0 Å². The van der Waals surface area contributed by atoms with E-state index in [2.05, 4.69) is 47.9 Å². The SMILES string of the molecule is CCNC(=NCC1(c2ccccc2)CCC1)NCC1CC1. The molecule has 0 spiro atoms. The quantitative estimate of drug-likeness (QED) is 0.622. The van der Waals surface area contributed by atoms with Crippen LogP contribution >= 0.6 is 0 Å². The van der Waals surface area contributed by atoms with E-state index in [4.69, 9.17) is 4.99 Å². The normalized spacial score (nSPS) is 20.7. The lowest BCUT2D eigenvalue weighted by molar-refractivity contribution is 0.253. The van der Waals surface area contributed by atoms with Crippen molar-refractivity contribution >= 4 is 5.96 Å². The standard InChI is InChI=1S/C18H27N3/c1-2-19-17(20-13-15-9-10-15)21-14-18(11-6-12-18)16-7-4-3-5-8-16/h3-5,7-8,15H,2,6,9-14H2,1H3,(H2,19,20,21). The van der Waals surface area contributed by atoms with Crippen molar-refractivity contribution in [3.63, 3.8) is 0 Å². The summed E-state index contributed by atoms with van der Waals surface area (Å²) in [7, 11) is 0. The minimum Gasteiger partial charge on any atom is -0.357 e. The summed E-state index contributed by atoms with van der Waals surface area (Å²) in [4.78, 5) is 4.88. The van der Waals surface area contributed by atoms with Gasteiger partial charge in [-0.1, -0.05) is 36.8 Å². The third-order valence-corrected chi connectivity index (χ3v) is 4.84. The zero-order valence-corrected chi connectivity index (χ0v) is 13.1. The molecule has 0 saturated heterocycles. The van der Waals surface area contributed by atoms with Crippen LogP contribution in [0.1, 0.15) is 44.6 Å². The van der Waals surface area contributed by atoms with Crippen LogP contribution in [0.3, 0.4) is 0 Å². The maximum Gasteiger partial charge on any atom is 0.191 e. The van der Waals surface area contributed by atoms with Crippen molar-refractivity contribution in [2.45, 2.75) is 44.4 Å². The van der Waals surface area contributed by atoms with Gasteiger partial charge in [0.25, 0.3) is 0 Å². The van der Waals surface area contributed by atoms with Gasteiger partial charge in [-0.05, 0) is 44.1 Å². The molecule has 0 amide bonds. The number of nitrogens with zero attached hydrogens (tertiary/aromatic N) is 1. The number of aliphatic imine (C=N–C) groups is 1. The van der Waals surface area contributed by atoms with Gasteiger partial charge in [-0.15, -0.1) is 0 Å². The molecule has 0 bridgehead atoms. The Balaban J connectivity index is 1.65. The number of guanidine groups is 1. The molecule has 2 aliphatic carbocycles. The first-order chi connectivity index (χ1) is 10.3. The number of benzene rings is 1. The van der Waals surface area contributed by atoms with Gasteiger partial charge in [0, 0.05) is 18.5 Å². The van der Waals surface area contributed by atoms with Crippen molar-refractivity contribution in [2.75, 3.05) is 19.6 Å². The predicted octanol–water partition coefficient (Wildman–Crippen LogP) is 3.07. The monoisotopic (exact) mass is 285 g/mol. The molecule has 3 nitrogen and oxygen atoms in total. The average molecular weight is 285 g/mol. The Hall–Kier alpha value is -1.51. The Labute approximate surface area is 128 Å². The van der Waals surface area contributed by atoms with Gasteiger partial charge in [0.15, 0.2) is 5.96 Å². The van der Waals surface area contributed by atoms with E-state index in [1.807, 2.05) is 0 Å². The lowest BCUT2D eigenvalue weighted by Gasteiger charge is -2.41. The summed E-state index contributed by atoms with van der Waals surface area (Å²) in [5.41, 5.74) is 1.74. The van der Waals surface area contributed by atoms with E-state index < -0.39 is 0 Å². The molecular formula is C18H27N3. The van der Waals surface area contributed by atoms with Crippen LogP contribution in [0, 0.1) is 5.92 Å². The largest absolute Gasteiger partial charge is 0.357 e. The minimum absolute atomic E-state index is 0.281. The van der Waals surface area contributed by atoms with Crippen LogP contribution in [0.25, 0.3) is 0 Å². The molecule has 3 rings (SSSR count). The van der Waals surface area contributed by atoms with Crippen molar-refractivity contribution in [2.24, 2.45) is 10.9 Å². The summed E-state index contributed by atoms with van der Waals surface area (Å²) in [6.45, 7) is 5.03. The first-order valence-corrected chi connectivity index (χ1v) is 8.40. The van der Waals surface area contributed by atoms with Crippen molar-refractivity contribution < 1.29 is 0 Å². The fraction of sp³-hybridized carbons (Fsp3) is 0.611. The molecule has 21 heavy (non-hydrogen) atoms. The summed E-state index contributed by atoms with van der Waals surface area (Å²) in [6.07, 6.45) is 6.61. The van der Waals surface area contributed by atoms with Crippen LogP contribution in [-0.4, -0.2) is 25.6 Å². The van der Waals surface area contributed by atoms with E-state index in [0.717, 1.165) is 31.5 Å². The number of hydrogen-bond donors (Lipinski definition) is 2. The Kier molecular flexibility index (Phi) is 4.47. The van der Waals surface area contributed by atoms with Crippen LogP contribution in [-0.2, 0) is 5.41 Å². The fourth-order valence-corrected chi connectivity index (χ4v) is 3.07. The Bertz CT molecular complexity index is 472. The molecule has 1 aromatic rings. The molecule has 2 N–H and O–H groups in total. The highest BCUT2D eigenvalue weighted by molar-refractivity contribution is 5.79. The van der Waals surface area contributed by atoms with E-state index in [0.29, 0.717) is 0 Å². The highest BCUT2D eigenvalue weighted by Gasteiger charge is 2.38. The molecule has 2 aliphatic rings. The maximum absolute atomic E-state index is 4.88. The maximum atomic E-state index is 4.88. The molecule has 1 aromatic carbocycles. The summed E-state index contributed by atoms with van der Waals surface area (Å²) in [6, 6.07) is 10.9. The lowest BCUT2D eigenvalue weighted by Crippen LogP contribution is -2.42. The number of hydrogen-bond acceptors (Lipinski definition) is 1. The molecule has 2 saturated carbocycles. The second-order valence-electron chi connectivity index (χ2n) is 6.52. The molecule has 0 radical (unpaired) electrons. The van der Waals surface area contributed by atoms with Crippen LogP contribution in [0.5, 0.6) is 0 Å². The fourth-order valence-electron chi connectivity index (χ4n) is 3.07. The molecule has 2 fully saturated rings. The highest BCUT2D eigenvalue weighted by Crippen LogP contribution is 2.43. The zero-order valence-electron chi connectivity index (χ0n) is 13.1. The average Bonchev–Trinajstić information content (AvgIpc) is 3.29. The van der Waals surface area contributed by atoms with Gasteiger partial charge in [0.1, 0.15) is 0 Å². The second-order valence-corrected chi connectivity index (χ2v) is 6.52. The first kappa shape index (κ1) is 14.4. The summed E-state index contributed by atoms with van der Waals surface area (Å²) in [5, 5.41) is 6.87. The van der Waals surface area contributed by atoms with E-state index in [-0.39, 0.29) is 5.41 Å². The van der Waals surface area contributed by atoms with E-state index in [1.165, 1.54) is 37.7 Å². The molecule has 3 heteroatoms. The van der Waals surface area contributed by atoms with Crippen LogP contribution in [0.4, 0.5) is 0 Å². The van der Waals surface area contributed by atoms with Gasteiger partial charge in [-0.3, -0.25) is 4.99 Å². The van der Waals surface area contributed by atoms with Crippen LogP contribution in [0.15, 0.2) is 35.3 Å². The van der Waals surface area contributed by atoms with Gasteiger partial charge < -0.3 is 10.6 Å². The molecular weight excluding hydrogens is 258 g/mol. The van der Waals surface area contributed by atoms with Gasteiger partial charge in [-0.25, -0.2) is 0 Å². The second kappa shape index (κ2) is 6.50. The highest BCUT2D eigenvalue weighted by atomic mass is 15.2. The van der Waals surface area contributed by atoms with Crippen molar-refractivity contribution in [1.29, 1.82) is 0 Å². The van der Waals surface area contributed by atoms with E-state index in [1.54, 1.807) is 0 Å². The van der Waals surface area contributed by atoms with Crippen molar-refractivity contribution in [1.82, 2.24) is 10.6 Å². The Morgan fingerprint density at radius 3 is 2.52 bits per heavy atom. The molecule has 0 aromatic heterocycles. The number of rotatable bonds is 6. The van der Waals surface area contributed by atoms with Gasteiger partial charge in [0.05, 0.1) is 6.54 Å². The topological polar surface area (TPSA) is 36.4 Å². The van der Waals surface area contributed by atoms with Gasteiger partial charge in [0.2, 0.25) is 0 Å². The Morgan fingerprint density at radius 1 is 1.19 bits per heavy atom. The van der Waals surface area contributed by atoms with Crippen LogP contribution < -0.4 is 10.6 Å². The number of nitrogens with one attached hydrogen (secondary N) is 2. The molecule has 0 heterocycles. The third-order valence-electron chi connectivity index (χ3n) is 4.84. The molecule has 0 unspecified atom stereocenters. The minimum atomic E-state index is 0.281. The van der Waals surface area contributed by atoms with Crippen molar-refractivity contribution in [3.8, 4) is 0 Å². The molecule has 0 aliphatic heterocycles. The Morgan fingerprint density at radius 2 is 1.95 bits per heavy atom. The molecule has 114 valence electrons. The van der Waals surface area contributed by atoms with Gasteiger partial charge >= 0.3 is 0 Å². The molecule has 0 atom stereocenters. The van der Waals surface area contributed by atoms with Crippen LogP contribution in [0.2, 0.25) is 0 Å². The summed E-state index contributed by atoms with van der Waals surface area (Å²) in [5.74, 6) is 1.87.